The average Bonchev–Trinajstić information content (AvgIpc) is 2.95. The zero-order valence-corrected chi connectivity index (χ0v) is 12.2. The standard InChI is InChI=1S/C16H16OS2/c17-11-15-12-18-16(19-15,13-7-3-1-4-8-13)14-9-5-2-6-10-14/h1-10,15,17H,11-12H2. The predicted molar refractivity (Wildman–Crippen MR) is 84.6 cm³/mol. The molecule has 3 heteroatoms. The molecule has 3 rings (SSSR count). The molecule has 1 N–H and O–H groups in total. The third kappa shape index (κ3) is 2.42. The van der Waals surface area contributed by atoms with Crippen molar-refractivity contribution in [2.75, 3.05) is 12.4 Å². The van der Waals surface area contributed by atoms with Gasteiger partial charge in [0.1, 0.15) is 4.08 Å². The third-order valence-corrected chi connectivity index (χ3v) is 7.07. The number of benzene rings is 2. The van der Waals surface area contributed by atoms with E-state index < -0.39 is 0 Å². The van der Waals surface area contributed by atoms with Crippen molar-refractivity contribution in [1.29, 1.82) is 0 Å². The fraction of sp³-hybridized carbons (Fsp3) is 0.250. The summed E-state index contributed by atoms with van der Waals surface area (Å²) in [6.07, 6.45) is 0. The Morgan fingerprint density at radius 3 is 1.89 bits per heavy atom. The number of rotatable bonds is 3. The second-order valence-electron chi connectivity index (χ2n) is 4.58. The normalized spacial score (nSPS) is 21.4. The average molecular weight is 288 g/mol. The van der Waals surface area contributed by atoms with Gasteiger partial charge in [-0.3, -0.25) is 0 Å². The first kappa shape index (κ1) is 13.1. The van der Waals surface area contributed by atoms with Gasteiger partial charge in [0.15, 0.2) is 0 Å². The van der Waals surface area contributed by atoms with Crippen LogP contribution in [-0.2, 0) is 4.08 Å². The molecule has 0 aromatic heterocycles. The van der Waals surface area contributed by atoms with Gasteiger partial charge in [0.25, 0.3) is 0 Å². The Hall–Kier alpha value is -0.900. The summed E-state index contributed by atoms with van der Waals surface area (Å²) in [4.78, 5) is 0. The molecule has 1 aliphatic rings. The molecule has 1 nitrogen and oxygen atoms in total. The molecular formula is C16H16OS2. The summed E-state index contributed by atoms with van der Waals surface area (Å²) in [6, 6.07) is 21.2. The van der Waals surface area contributed by atoms with Crippen LogP contribution in [0.3, 0.4) is 0 Å². The maximum Gasteiger partial charge on any atom is 0.112 e. The van der Waals surface area contributed by atoms with E-state index in [4.69, 9.17) is 0 Å². The summed E-state index contributed by atoms with van der Waals surface area (Å²) in [5.74, 6) is 0.991. The van der Waals surface area contributed by atoms with E-state index in [1.165, 1.54) is 11.1 Å². The van der Waals surface area contributed by atoms with Gasteiger partial charge < -0.3 is 5.11 Å². The highest BCUT2D eigenvalue weighted by atomic mass is 32.2. The van der Waals surface area contributed by atoms with Gasteiger partial charge in [-0.2, -0.15) is 0 Å². The van der Waals surface area contributed by atoms with Gasteiger partial charge in [-0.25, -0.2) is 0 Å². The van der Waals surface area contributed by atoms with E-state index in [0.29, 0.717) is 5.25 Å². The minimum absolute atomic E-state index is 0.0735. The number of hydrogen-bond donors (Lipinski definition) is 1. The molecular weight excluding hydrogens is 272 g/mol. The summed E-state index contributed by atoms with van der Waals surface area (Å²) in [7, 11) is 0. The third-order valence-electron chi connectivity index (χ3n) is 3.32. The summed E-state index contributed by atoms with van der Waals surface area (Å²) >= 11 is 3.81. The zero-order valence-electron chi connectivity index (χ0n) is 10.5. The van der Waals surface area contributed by atoms with Crippen LogP contribution in [0.1, 0.15) is 11.1 Å². The second-order valence-corrected chi connectivity index (χ2v) is 7.59. The molecule has 0 radical (unpaired) electrons. The lowest BCUT2D eigenvalue weighted by Gasteiger charge is -2.29. The predicted octanol–water partition coefficient (Wildman–Crippen LogP) is 3.73. The first-order valence-corrected chi connectivity index (χ1v) is 8.25. The Labute approximate surface area is 122 Å². The zero-order chi connectivity index (χ0) is 13.1. The summed E-state index contributed by atoms with van der Waals surface area (Å²) in [5, 5.41) is 9.77. The molecule has 98 valence electrons. The summed E-state index contributed by atoms with van der Waals surface area (Å²) < 4.78 is -0.0735. The van der Waals surface area contributed by atoms with Crippen molar-refractivity contribution in [3.8, 4) is 0 Å². The fourth-order valence-corrected chi connectivity index (χ4v) is 5.97. The maximum absolute atomic E-state index is 9.46. The minimum Gasteiger partial charge on any atom is -0.395 e. The van der Waals surface area contributed by atoms with Gasteiger partial charge in [0.05, 0.1) is 6.61 Å². The van der Waals surface area contributed by atoms with Gasteiger partial charge in [-0.15, -0.1) is 23.5 Å². The number of hydrogen-bond acceptors (Lipinski definition) is 3. The van der Waals surface area contributed by atoms with Crippen LogP contribution in [0.5, 0.6) is 0 Å². The molecule has 19 heavy (non-hydrogen) atoms. The fourth-order valence-electron chi connectivity index (χ4n) is 2.39. The molecule has 2 aromatic rings. The monoisotopic (exact) mass is 288 g/mol. The van der Waals surface area contributed by atoms with Crippen molar-refractivity contribution in [3.05, 3.63) is 71.8 Å². The molecule has 1 saturated heterocycles. The maximum atomic E-state index is 9.46. The van der Waals surface area contributed by atoms with Gasteiger partial charge in [-0.05, 0) is 11.1 Å². The van der Waals surface area contributed by atoms with Crippen LogP contribution in [-0.4, -0.2) is 22.7 Å². The van der Waals surface area contributed by atoms with Crippen molar-refractivity contribution >= 4 is 23.5 Å². The minimum atomic E-state index is -0.0735. The van der Waals surface area contributed by atoms with E-state index in [9.17, 15) is 5.11 Å². The lowest BCUT2D eigenvalue weighted by Crippen LogP contribution is -2.17. The van der Waals surface area contributed by atoms with E-state index in [0.717, 1.165) is 5.75 Å². The van der Waals surface area contributed by atoms with Gasteiger partial charge in [-0.1, -0.05) is 60.7 Å². The molecule has 1 heterocycles. The lowest BCUT2D eigenvalue weighted by atomic mass is 10.0. The molecule has 1 fully saturated rings. The number of aliphatic hydroxyl groups is 1. The Balaban J connectivity index is 2.07. The van der Waals surface area contributed by atoms with Crippen LogP contribution >= 0.6 is 23.5 Å². The van der Waals surface area contributed by atoms with Crippen molar-refractivity contribution in [3.63, 3.8) is 0 Å². The highest BCUT2D eigenvalue weighted by Gasteiger charge is 2.43. The van der Waals surface area contributed by atoms with Crippen molar-refractivity contribution in [2.24, 2.45) is 0 Å². The van der Waals surface area contributed by atoms with E-state index in [1.807, 2.05) is 23.5 Å². The number of aliphatic hydroxyl groups excluding tert-OH is 1. The molecule has 0 amide bonds. The Morgan fingerprint density at radius 1 is 0.947 bits per heavy atom. The quantitative estimate of drug-likeness (QED) is 0.929. The van der Waals surface area contributed by atoms with Crippen molar-refractivity contribution in [1.82, 2.24) is 0 Å². The Morgan fingerprint density at radius 2 is 1.47 bits per heavy atom. The molecule has 0 spiro atoms. The first-order valence-electron chi connectivity index (χ1n) is 6.39. The molecule has 1 aliphatic heterocycles. The highest BCUT2D eigenvalue weighted by molar-refractivity contribution is 8.21. The van der Waals surface area contributed by atoms with Gasteiger partial charge >= 0.3 is 0 Å². The van der Waals surface area contributed by atoms with Crippen LogP contribution < -0.4 is 0 Å². The van der Waals surface area contributed by atoms with Gasteiger partial charge in [0, 0.05) is 11.0 Å². The number of thioether (sulfide) groups is 2. The topological polar surface area (TPSA) is 20.2 Å². The molecule has 0 bridgehead atoms. The SMILES string of the molecule is OCC1CSC(c2ccccc2)(c2ccccc2)S1. The van der Waals surface area contributed by atoms with Crippen LogP contribution in [0, 0.1) is 0 Å². The van der Waals surface area contributed by atoms with Crippen molar-refractivity contribution in [2.45, 2.75) is 9.33 Å². The van der Waals surface area contributed by atoms with Crippen LogP contribution in [0.4, 0.5) is 0 Å². The lowest BCUT2D eigenvalue weighted by molar-refractivity contribution is 0.301. The highest BCUT2D eigenvalue weighted by Crippen LogP contribution is 2.58. The Kier molecular flexibility index (Phi) is 3.87. The largest absolute Gasteiger partial charge is 0.395 e. The molecule has 0 saturated carbocycles. The van der Waals surface area contributed by atoms with Crippen LogP contribution in [0.2, 0.25) is 0 Å². The Bertz CT molecular complexity index is 487. The summed E-state index contributed by atoms with van der Waals surface area (Å²) in [6.45, 7) is 0.249. The first-order chi connectivity index (χ1) is 9.35. The van der Waals surface area contributed by atoms with Crippen LogP contribution in [0.25, 0.3) is 0 Å². The van der Waals surface area contributed by atoms with E-state index in [2.05, 4.69) is 60.7 Å². The molecule has 2 aromatic carbocycles. The molecule has 1 unspecified atom stereocenters. The van der Waals surface area contributed by atoms with Crippen LogP contribution in [0.15, 0.2) is 60.7 Å². The molecule has 1 atom stereocenters. The van der Waals surface area contributed by atoms with E-state index in [-0.39, 0.29) is 10.7 Å². The van der Waals surface area contributed by atoms with Crippen molar-refractivity contribution < 1.29 is 5.11 Å². The van der Waals surface area contributed by atoms with E-state index in [1.54, 1.807) is 0 Å². The van der Waals surface area contributed by atoms with Gasteiger partial charge in [0.2, 0.25) is 0 Å². The smallest absolute Gasteiger partial charge is 0.112 e. The molecule has 0 aliphatic carbocycles. The second kappa shape index (κ2) is 5.61. The van der Waals surface area contributed by atoms with E-state index >= 15 is 0 Å². The summed E-state index contributed by atoms with van der Waals surface area (Å²) in [5.41, 5.74) is 2.62.